The van der Waals surface area contributed by atoms with E-state index in [1.165, 1.54) is 12.1 Å². The monoisotopic (exact) mass is 349 g/mol. The summed E-state index contributed by atoms with van der Waals surface area (Å²) in [5.41, 5.74) is 0.552. The van der Waals surface area contributed by atoms with Crippen molar-refractivity contribution in [2.75, 3.05) is 6.61 Å². The molecule has 0 spiro atoms. The first-order valence-electron chi connectivity index (χ1n) is 7.86. The molecule has 2 aromatic rings. The summed E-state index contributed by atoms with van der Waals surface area (Å²) in [6, 6.07) is 9.59. The molecule has 1 aliphatic rings. The van der Waals surface area contributed by atoms with Gasteiger partial charge in [-0.25, -0.2) is 8.42 Å². The third kappa shape index (κ3) is 4.31. The lowest BCUT2D eigenvalue weighted by molar-refractivity contribution is 0.0905. The number of carbonyl (C=O) groups excluding carboxylic acids is 1. The maximum absolute atomic E-state index is 12.1. The Balaban J connectivity index is 1.48. The highest BCUT2D eigenvalue weighted by Crippen LogP contribution is 2.32. The van der Waals surface area contributed by atoms with Crippen molar-refractivity contribution in [3.63, 3.8) is 0 Å². The van der Waals surface area contributed by atoms with Crippen LogP contribution in [0.2, 0.25) is 0 Å². The third-order valence-electron chi connectivity index (χ3n) is 3.82. The van der Waals surface area contributed by atoms with Crippen LogP contribution in [-0.4, -0.2) is 20.8 Å². The van der Waals surface area contributed by atoms with Crippen LogP contribution in [0.25, 0.3) is 0 Å². The predicted molar refractivity (Wildman–Crippen MR) is 86.8 cm³/mol. The van der Waals surface area contributed by atoms with Gasteiger partial charge in [0.05, 0.1) is 17.8 Å². The minimum Gasteiger partial charge on any atom is -0.469 e. The standard InChI is InChI=1S/C17H19NO5S/c19-17(13-5-6-13)14-7-9-16(10-8-14)24(20,21)18-23-12-2-4-15-3-1-11-22-15/h1,3,7-11,13,18H,2,4-6,12H2. The van der Waals surface area contributed by atoms with E-state index in [0.717, 1.165) is 18.6 Å². The number of rotatable bonds is 9. The van der Waals surface area contributed by atoms with Crippen LogP contribution in [0, 0.1) is 5.92 Å². The molecule has 3 rings (SSSR count). The Morgan fingerprint density at radius 2 is 1.96 bits per heavy atom. The van der Waals surface area contributed by atoms with Gasteiger partial charge in [-0.2, -0.15) is 0 Å². The van der Waals surface area contributed by atoms with Crippen molar-refractivity contribution >= 4 is 15.8 Å². The summed E-state index contributed by atoms with van der Waals surface area (Å²) >= 11 is 0. The fourth-order valence-corrected chi connectivity index (χ4v) is 3.15. The van der Waals surface area contributed by atoms with E-state index in [-0.39, 0.29) is 23.2 Å². The fraction of sp³-hybridized carbons (Fsp3) is 0.353. The van der Waals surface area contributed by atoms with Gasteiger partial charge in [-0.3, -0.25) is 9.63 Å². The van der Waals surface area contributed by atoms with Gasteiger partial charge in [-0.05, 0) is 43.5 Å². The Kier molecular flexibility index (Phi) is 5.13. The van der Waals surface area contributed by atoms with Crippen LogP contribution in [-0.2, 0) is 21.3 Å². The van der Waals surface area contributed by atoms with Crippen molar-refractivity contribution in [2.24, 2.45) is 5.92 Å². The van der Waals surface area contributed by atoms with Gasteiger partial charge in [0.15, 0.2) is 5.78 Å². The maximum atomic E-state index is 12.1. The van der Waals surface area contributed by atoms with Gasteiger partial charge < -0.3 is 4.42 Å². The number of hydrogen-bond donors (Lipinski definition) is 1. The second kappa shape index (κ2) is 7.29. The summed E-state index contributed by atoms with van der Waals surface area (Å²) in [7, 11) is -3.75. The van der Waals surface area contributed by atoms with E-state index in [1.54, 1.807) is 24.5 Å². The zero-order valence-electron chi connectivity index (χ0n) is 13.1. The molecule has 0 unspecified atom stereocenters. The van der Waals surface area contributed by atoms with E-state index >= 15 is 0 Å². The average Bonchev–Trinajstić information content (AvgIpc) is 3.31. The van der Waals surface area contributed by atoms with Crippen LogP contribution < -0.4 is 4.89 Å². The van der Waals surface area contributed by atoms with Gasteiger partial charge in [-0.15, -0.1) is 0 Å². The van der Waals surface area contributed by atoms with Crippen LogP contribution in [0.3, 0.4) is 0 Å². The molecule has 1 aromatic carbocycles. The number of aryl methyl sites for hydroxylation is 1. The average molecular weight is 349 g/mol. The van der Waals surface area contributed by atoms with Crippen molar-refractivity contribution in [3.8, 4) is 0 Å². The molecule has 1 aliphatic carbocycles. The van der Waals surface area contributed by atoms with E-state index in [2.05, 4.69) is 4.89 Å². The number of furan rings is 1. The highest BCUT2D eigenvalue weighted by Gasteiger charge is 2.30. The molecule has 1 N–H and O–H groups in total. The number of carbonyl (C=O) groups is 1. The second-order valence-electron chi connectivity index (χ2n) is 5.78. The van der Waals surface area contributed by atoms with Crippen molar-refractivity contribution in [1.29, 1.82) is 0 Å². The Labute approximate surface area is 140 Å². The van der Waals surface area contributed by atoms with E-state index in [9.17, 15) is 13.2 Å². The molecule has 1 saturated carbocycles. The van der Waals surface area contributed by atoms with Gasteiger partial charge in [0.25, 0.3) is 10.0 Å². The highest BCUT2D eigenvalue weighted by molar-refractivity contribution is 7.89. The molecule has 0 atom stereocenters. The summed E-state index contributed by atoms with van der Waals surface area (Å²) < 4.78 is 29.4. The van der Waals surface area contributed by atoms with Crippen LogP contribution in [0.15, 0.2) is 52.0 Å². The molecule has 0 radical (unpaired) electrons. The summed E-state index contributed by atoms with van der Waals surface area (Å²) in [5.74, 6) is 1.03. The smallest absolute Gasteiger partial charge is 0.262 e. The molecular formula is C17H19NO5S. The number of hydrogen-bond acceptors (Lipinski definition) is 5. The fourth-order valence-electron chi connectivity index (χ4n) is 2.32. The first-order chi connectivity index (χ1) is 11.6. The number of benzene rings is 1. The van der Waals surface area contributed by atoms with Crippen LogP contribution in [0.4, 0.5) is 0 Å². The van der Waals surface area contributed by atoms with E-state index in [0.29, 0.717) is 18.4 Å². The molecule has 0 bridgehead atoms. The van der Waals surface area contributed by atoms with E-state index in [4.69, 9.17) is 9.25 Å². The summed E-state index contributed by atoms with van der Waals surface area (Å²) in [6.07, 6.45) is 4.74. The van der Waals surface area contributed by atoms with Gasteiger partial charge in [0.1, 0.15) is 5.76 Å². The Hall–Kier alpha value is -1.96. The minimum absolute atomic E-state index is 0.0703. The normalized spacial score (nSPS) is 14.7. The Bertz CT molecular complexity index is 777. The first kappa shape index (κ1) is 16.9. The highest BCUT2D eigenvalue weighted by atomic mass is 32.2. The Morgan fingerprint density at radius 3 is 2.58 bits per heavy atom. The molecule has 128 valence electrons. The number of ketones is 1. The molecule has 0 aliphatic heterocycles. The molecule has 6 nitrogen and oxygen atoms in total. The third-order valence-corrected chi connectivity index (χ3v) is 5.05. The zero-order valence-corrected chi connectivity index (χ0v) is 13.9. The second-order valence-corrected chi connectivity index (χ2v) is 7.43. The lowest BCUT2D eigenvalue weighted by Crippen LogP contribution is -2.24. The van der Waals surface area contributed by atoms with Crippen molar-refractivity contribution in [1.82, 2.24) is 4.89 Å². The number of Topliss-reactive ketones (excluding diaryl/α,β-unsaturated/α-hetero) is 1. The number of nitrogens with one attached hydrogen (secondary N) is 1. The number of sulfonamides is 1. The SMILES string of the molecule is O=C(c1ccc(S(=O)(=O)NOCCCc2ccco2)cc1)C1CC1. The summed E-state index contributed by atoms with van der Waals surface area (Å²) in [4.78, 5) is 19.1. The maximum Gasteiger partial charge on any atom is 0.262 e. The van der Waals surface area contributed by atoms with Gasteiger partial charge >= 0.3 is 0 Å². The summed E-state index contributed by atoms with van der Waals surface area (Å²) in [6.45, 7) is 0.234. The van der Waals surface area contributed by atoms with E-state index in [1.807, 2.05) is 6.07 Å². The van der Waals surface area contributed by atoms with Crippen LogP contribution >= 0.6 is 0 Å². The summed E-state index contributed by atoms with van der Waals surface area (Å²) in [5, 5.41) is 0. The van der Waals surface area contributed by atoms with Crippen molar-refractivity contribution in [3.05, 3.63) is 54.0 Å². The molecule has 0 saturated heterocycles. The molecule has 7 heteroatoms. The minimum atomic E-state index is -3.75. The molecule has 1 aromatic heterocycles. The predicted octanol–water partition coefficient (Wildman–Crippen LogP) is 2.72. The molecule has 24 heavy (non-hydrogen) atoms. The first-order valence-corrected chi connectivity index (χ1v) is 9.35. The van der Waals surface area contributed by atoms with Gasteiger partial charge in [0, 0.05) is 17.9 Å². The molecule has 0 amide bonds. The lowest BCUT2D eigenvalue weighted by atomic mass is 10.1. The molecule has 1 fully saturated rings. The molecular weight excluding hydrogens is 330 g/mol. The van der Waals surface area contributed by atoms with Crippen LogP contribution in [0.1, 0.15) is 35.4 Å². The quantitative estimate of drug-likeness (QED) is 0.427. The topological polar surface area (TPSA) is 85.6 Å². The van der Waals surface area contributed by atoms with Crippen molar-refractivity contribution < 1.29 is 22.5 Å². The zero-order chi connectivity index (χ0) is 17.0. The molecule has 1 heterocycles. The Morgan fingerprint density at radius 1 is 1.21 bits per heavy atom. The van der Waals surface area contributed by atoms with Gasteiger partial charge in [0.2, 0.25) is 0 Å². The van der Waals surface area contributed by atoms with Crippen LogP contribution in [0.5, 0.6) is 0 Å². The lowest BCUT2D eigenvalue weighted by Gasteiger charge is -2.07. The van der Waals surface area contributed by atoms with Crippen molar-refractivity contribution in [2.45, 2.75) is 30.6 Å². The van der Waals surface area contributed by atoms with E-state index < -0.39 is 10.0 Å². The van der Waals surface area contributed by atoms with Gasteiger partial charge in [-0.1, -0.05) is 17.0 Å². The largest absolute Gasteiger partial charge is 0.469 e.